The number of anilines is 1. The number of hydrazone groups is 1. The van der Waals surface area contributed by atoms with E-state index < -0.39 is 0 Å². The molecule has 0 saturated carbocycles. The Morgan fingerprint density at radius 2 is 1.73 bits per heavy atom. The molecule has 0 fully saturated rings. The van der Waals surface area contributed by atoms with Crippen LogP contribution in [0, 0.1) is 0 Å². The predicted molar refractivity (Wildman–Crippen MR) is 103 cm³/mol. The summed E-state index contributed by atoms with van der Waals surface area (Å²) < 4.78 is 11.2. The number of halogens is 1. The second-order valence-corrected chi connectivity index (χ2v) is 6.04. The summed E-state index contributed by atoms with van der Waals surface area (Å²) in [6, 6.07) is 9.97. The maximum atomic E-state index is 12.1. The van der Waals surface area contributed by atoms with Gasteiger partial charge in [0.05, 0.1) is 24.9 Å². The van der Waals surface area contributed by atoms with E-state index in [2.05, 4.69) is 31.8 Å². The van der Waals surface area contributed by atoms with Crippen molar-refractivity contribution in [1.29, 1.82) is 0 Å². The molecule has 136 valence electrons. The van der Waals surface area contributed by atoms with E-state index >= 15 is 0 Å². The molecule has 0 atom stereocenters. The zero-order valence-electron chi connectivity index (χ0n) is 14.5. The largest absolute Gasteiger partial charge is 0.496 e. The number of nitrogens with zero attached hydrogens (tertiary/aromatic N) is 1. The lowest BCUT2D eigenvalue weighted by Gasteiger charge is -2.09. The molecule has 2 rings (SSSR count). The average molecular weight is 420 g/mol. The first-order valence-electron chi connectivity index (χ1n) is 7.57. The standard InChI is InChI=1S/C18H18BrN3O4/c1-11(23)21-14-6-4-12(5-7-14)18(24)22-20-10-13-8-15(19)17(26-3)9-16(13)25-2/h4-10H,1-3H3,(H,21,23)(H,22,24)/b20-10+. The minimum Gasteiger partial charge on any atom is -0.496 e. The number of carbonyl (C=O) groups is 2. The van der Waals surface area contributed by atoms with Gasteiger partial charge in [0, 0.05) is 29.8 Å². The Balaban J connectivity index is 2.07. The quantitative estimate of drug-likeness (QED) is 0.555. The van der Waals surface area contributed by atoms with E-state index in [0.717, 1.165) is 4.47 Å². The maximum Gasteiger partial charge on any atom is 0.271 e. The van der Waals surface area contributed by atoms with Gasteiger partial charge in [0.15, 0.2) is 0 Å². The van der Waals surface area contributed by atoms with Crippen LogP contribution >= 0.6 is 15.9 Å². The summed E-state index contributed by atoms with van der Waals surface area (Å²) in [7, 11) is 3.10. The van der Waals surface area contributed by atoms with E-state index in [-0.39, 0.29) is 11.8 Å². The van der Waals surface area contributed by atoms with Crippen LogP contribution in [0.2, 0.25) is 0 Å². The molecule has 0 bridgehead atoms. The van der Waals surface area contributed by atoms with Gasteiger partial charge in [0.2, 0.25) is 5.91 Å². The lowest BCUT2D eigenvalue weighted by molar-refractivity contribution is -0.114. The summed E-state index contributed by atoms with van der Waals surface area (Å²) in [6.07, 6.45) is 1.48. The molecule has 0 aliphatic heterocycles. The number of rotatable bonds is 6. The molecule has 8 heteroatoms. The first-order valence-corrected chi connectivity index (χ1v) is 8.36. The van der Waals surface area contributed by atoms with Gasteiger partial charge in [-0.1, -0.05) is 0 Å². The lowest BCUT2D eigenvalue weighted by atomic mass is 10.2. The maximum absolute atomic E-state index is 12.1. The second kappa shape index (κ2) is 9.00. The Labute approximate surface area is 159 Å². The number of hydrogen-bond donors (Lipinski definition) is 2. The zero-order chi connectivity index (χ0) is 19.1. The fraction of sp³-hybridized carbons (Fsp3) is 0.167. The van der Waals surface area contributed by atoms with Gasteiger partial charge in [-0.2, -0.15) is 5.10 Å². The van der Waals surface area contributed by atoms with Crippen molar-refractivity contribution < 1.29 is 19.1 Å². The van der Waals surface area contributed by atoms with Crippen LogP contribution in [0.4, 0.5) is 5.69 Å². The highest BCUT2D eigenvalue weighted by Crippen LogP contribution is 2.31. The van der Waals surface area contributed by atoms with E-state index in [1.54, 1.807) is 43.5 Å². The molecule has 0 aliphatic carbocycles. The third-order valence-corrected chi connectivity index (χ3v) is 3.96. The monoisotopic (exact) mass is 419 g/mol. The van der Waals surface area contributed by atoms with Crippen molar-refractivity contribution in [3.05, 3.63) is 52.0 Å². The number of carbonyl (C=O) groups excluding carboxylic acids is 2. The first-order chi connectivity index (χ1) is 12.4. The second-order valence-electron chi connectivity index (χ2n) is 5.19. The van der Waals surface area contributed by atoms with Crippen LogP contribution < -0.4 is 20.2 Å². The topological polar surface area (TPSA) is 89.0 Å². The van der Waals surface area contributed by atoms with Crippen molar-refractivity contribution in [2.24, 2.45) is 5.10 Å². The lowest BCUT2D eigenvalue weighted by Crippen LogP contribution is -2.17. The summed E-state index contributed by atoms with van der Waals surface area (Å²) in [5.74, 6) is 0.638. The number of ether oxygens (including phenoxy) is 2. The van der Waals surface area contributed by atoms with Crippen molar-refractivity contribution in [3.8, 4) is 11.5 Å². The molecule has 0 aromatic heterocycles. The van der Waals surface area contributed by atoms with Crippen molar-refractivity contribution in [2.45, 2.75) is 6.92 Å². The molecule has 0 radical (unpaired) electrons. The summed E-state index contributed by atoms with van der Waals surface area (Å²) in [6.45, 7) is 1.42. The van der Waals surface area contributed by atoms with E-state index in [4.69, 9.17) is 9.47 Å². The molecule has 2 amide bonds. The number of benzene rings is 2. The van der Waals surface area contributed by atoms with Crippen molar-refractivity contribution in [1.82, 2.24) is 5.43 Å². The molecule has 0 aliphatic rings. The molecule has 0 saturated heterocycles. The molecular formula is C18H18BrN3O4. The van der Waals surface area contributed by atoms with Crippen LogP contribution in [0.3, 0.4) is 0 Å². The van der Waals surface area contributed by atoms with Gasteiger partial charge in [-0.25, -0.2) is 5.43 Å². The van der Waals surface area contributed by atoms with Gasteiger partial charge in [-0.3, -0.25) is 9.59 Å². The molecular weight excluding hydrogens is 402 g/mol. The van der Waals surface area contributed by atoms with E-state index in [1.165, 1.54) is 20.2 Å². The minimum absolute atomic E-state index is 0.175. The third-order valence-electron chi connectivity index (χ3n) is 3.34. The van der Waals surface area contributed by atoms with Crippen LogP contribution in [0.15, 0.2) is 46.0 Å². The Morgan fingerprint density at radius 1 is 1.08 bits per heavy atom. The zero-order valence-corrected chi connectivity index (χ0v) is 16.1. The van der Waals surface area contributed by atoms with Crippen LogP contribution in [0.25, 0.3) is 0 Å². The van der Waals surface area contributed by atoms with Crippen LogP contribution in [0.5, 0.6) is 11.5 Å². The summed E-state index contributed by atoms with van der Waals surface area (Å²) >= 11 is 3.39. The Kier molecular flexibility index (Phi) is 6.74. The molecule has 26 heavy (non-hydrogen) atoms. The number of methoxy groups -OCH3 is 2. The van der Waals surface area contributed by atoms with Gasteiger partial charge in [-0.15, -0.1) is 0 Å². The van der Waals surface area contributed by atoms with E-state index in [1.807, 2.05) is 0 Å². The fourth-order valence-electron chi connectivity index (χ4n) is 2.12. The Morgan fingerprint density at radius 3 is 2.31 bits per heavy atom. The van der Waals surface area contributed by atoms with Crippen LogP contribution in [-0.2, 0) is 4.79 Å². The normalized spacial score (nSPS) is 10.5. The van der Waals surface area contributed by atoms with Gasteiger partial charge >= 0.3 is 0 Å². The first kappa shape index (κ1) is 19.5. The molecule has 2 aromatic rings. The van der Waals surface area contributed by atoms with Gasteiger partial charge in [0.1, 0.15) is 11.5 Å². The smallest absolute Gasteiger partial charge is 0.271 e. The SMILES string of the molecule is COc1cc(OC)c(/C=N/NC(=O)c2ccc(NC(C)=O)cc2)cc1Br. The number of nitrogens with one attached hydrogen (secondary N) is 2. The number of hydrogen-bond acceptors (Lipinski definition) is 5. The highest BCUT2D eigenvalue weighted by molar-refractivity contribution is 9.10. The summed E-state index contributed by atoms with van der Waals surface area (Å²) in [4.78, 5) is 23.1. The molecule has 2 aromatic carbocycles. The van der Waals surface area contributed by atoms with E-state index in [9.17, 15) is 9.59 Å². The highest BCUT2D eigenvalue weighted by atomic mass is 79.9. The molecule has 7 nitrogen and oxygen atoms in total. The Hall–Kier alpha value is -2.87. The molecule has 0 unspecified atom stereocenters. The van der Waals surface area contributed by atoms with Gasteiger partial charge in [-0.05, 0) is 46.3 Å². The summed E-state index contributed by atoms with van der Waals surface area (Å²) in [5.41, 5.74) is 4.15. The van der Waals surface area contributed by atoms with Crippen LogP contribution in [0.1, 0.15) is 22.8 Å². The van der Waals surface area contributed by atoms with Crippen molar-refractivity contribution in [3.63, 3.8) is 0 Å². The van der Waals surface area contributed by atoms with Crippen molar-refractivity contribution in [2.75, 3.05) is 19.5 Å². The predicted octanol–water partition coefficient (Wildman–Crippen LogP) is 3.19. The van der Waals surface area contributed by atoms with Gasteiger partial charge in [0.25, 0.3) is 5.91 Å². The summed E-state index contributed by atoms with van der Waals surface area (Å²) in [5, 5.41) is 6.59. The molecule has 0 heterocycles. The third kappa shape index (κ3) is 5.06. The van der Waals surface area contributed by atoms with Crippen LogP contribution in [-0.4, -0.2) is 32.2 Å². The number of amides is 2. The highest BCUT2D eigenvalue weighted by Gasteiger charge is 2.09. The molecule has 2 N–H and O–H groups in total. The fourth-order valence-corrected chi connectivity index (χ4v) is 2.64. The molecule has 0 spiro atoms. The van der Waals surface area contributed by atoms with Gasteiger partial charge < -0.3 is 14.8 Å². The Bertz CT molecular complexity index is 835. The van der Waals surface area contributed by atoms with Crippen molar-refractivity contribution >= 4 is 39.6 Å². The average Bonchev–Trinajstić information content (AvgIpc) is 2.62. The van der Waals surface area contributed by atoms with E-state index in [0.29, 0.717) is 28.3 Å². The minimum atomic E-state index is -0.373.